The normalized spacial score (nSPS) is 10.1. The third-order valence-corrected chi connectivity index (χ3v) is 1.91. The Hall–Kier alpha value is -2.04. The molecule has 5 heteroatoms. The molecular formula is C10H11N3O2. The van der Waals surface area contributed by atoms with Crippen molar-refractivity contribution in [3.05, 3.63) is 36.9 Å². The minimum Gasteiger partial charge on any atom is -0.504 e. The van der Waals surface area contributed by atoms with E-state index < -0.39 is 0 Å². The smallest absolute Gasteiger partial charge is 0.161 e. The zero-order valence-corrected chi connectivity index (χ0v) is 8.08. The maximum Gasteiger partial charge on any atom is 0.161 e. The highest BCUT2D eigenvalue weighted by Gasteiger charge is 1.99. The van der Waals surface area contributed by atoms with Gasteiger partial charge in [0.15, 0.2) is 11.5 Å². The van der Waals surface area contributed by atoms with E-state index in [1.54, 1.807) is 29.2 Å². The molecule has 78 valence electrons. The molecule has 15 heavy (non-hydrogen) atoms. The molecule has 1 N–H and O–H groups in total. The topological polar surface area (TPSA) is 60.2 Å². The van der Waals surface area contributed by atoms with Crippen LogP contribution in [-0.2, 0) is 6.54 Å². The van der Waals surface area contributed by atoms with E-state index in [1.165, 1.54) is 6.33 Å². The number of hydrogen-bond donors (Lipinski definition) is 1. The van der Waals surface area contributed by atoms with Gasteiger partial charge in [-0.25, -0.2) is 9.67 Å². The summed E-state index contributed by atoms with van der Waals surface area (Å²) in [6.45, 7) is 1.05. The Balaban J connectivity index is 1.86. The van der Waals surface area contributed by atoms with Gasteiger partial charge in [-0.05, 0) is 12.1 Å². The van der Waals surface area contributed by atoms with Gasteiger partial charge in [0.05, 0.1) is 6.54 Å². The third-order valence-electron chi connectivity index (χ3n) is 1.91. The molecule has 0 amide bonds. The number of aromatic hydroxyl groups is 1. The minimum atomic E-state index is 0.149. The number of phenolic OH excluding ortho intramolecular Hbond substituents is 1. The summed E-state index contributed by atoms with van der Waals surface area (Å²) in [6, 6.07) is 6.87. The Morgan fingerprint density at radius 2 is 2.20 bits per heavy atom. The average molecular weight is 205 g/mol. The Morgan fingerprint density at radius 3 is 2.93 bits per heavy atom. The molecule has 5 nitrogen and oxygen atoms in total. The number of para-hydroxylation sites is 2. The predicted octanol–water partition coefficient (Wildman–Crippen LogP) is 1.06. The molecular weight excluding hydrogens is 194 g/mol. The lowest BCUT2D eigenvalue weighted by atomic mass is 10.3. The van der Waals surface area contributed by atoms with Gasteiger partial charge in [0.1, 0.15) is 19.3 Å². The SMILES string of the molecule is Oc1ccccc1OCCn1cncn1. The van der Waals surface area contributed by atoms with Crippen LogP contribution < -0.4 is 4.74 Å². The first-order valence-electron chi connectivity index (χ1n) is 4.59. The molecule has 1 heterocycles. The van der Waals surface area contributed by atoms with Crippen LogP contribution in [0.4, 0.5) is 0 Å². The zero-order chi connectivity index (χ0) is 10.5. The molecule has 0 aliphatic carbocycles. The van der Waals surface area contributed by atoms with E-state index in [-0.39, 0.29) is 5.75 Å². The van der Waals surface area contributed by atoms with Gasteiger partial charge >= 0.3 is 0 Å². The quantitative estimate of drug-likeness (QED) is 0.810. The number of rotatable bonds is 4. The molecule has 0 saturated heterocycles. The lowest BCUT2D eigenvalue weighted by Crippen LogP contribution is -2.08. The van der Waals surface area contributed by atoms with Crippen molar-refractivity contribution in [1.82, 2.24) is 14.8 Å². The fourth-order valence-corrected chi connectivity index (χ4v) is 1.18. The van der Waals surface area contributed by atoms with Gasteiger partial charge in [0, 0.05) is 0 Å². The maximum atomic E-state index is 9.41. The number of aromatic nitrogens is 3. The molecule has 1 aromatic carbocycles. The highest BCUT2D eigenvalue weighted by Crippen LogP contribution is 2.23. The first-order chi connectivity index (χ1) is 7.36. The fourth-order valence-electron chi connectivity index (χ4n) is 1.18. The molecule has 0 bridgehead atoms. The number of phenols is 1. The van der Waals surface area contributed by atoms with Crippen molar-refractivity contribution in [2.24, 2.45) is 0 Å². The van der Waals surface area contributed by atoms with E-state index in [4.69, 9.17) is 4.74 Å². The van der Waals surface area contributed by atoms with Gasteiger partial charge in [-0.15, -0.1) is 0 Å². The highest BCUT2D eigenvalue weighted by atomic mass is 16.5. The van der Waals surface area contributed by atoms with E-state index in [9.17, 15) is 5.11 Å². The monoisotopic (exact) mass is 205 g/mol. The number of benzene rings is 1. The second-order valence-electron chi connectivity index (χ2n) is 2.97. The molecule has 0 aliphatic rings. The number of ether oxygens (including phenoxy) is 1. The molecule has 0 aliphatic heterocycles. The van der Waals surface area contributed by atoms with Crippen LogP contribution in [0.3, 0.4) is 0 Å². The van der Waals surface area contributed by atoms with Crippen molar-refractivity contribution >= 4 is 0 Å². The number of nitrogens with zero attached hydrogens (tertiary/aromatic N) is 3. The van der Waals surface area contributed by atoms with Crippen LogP contribution in [-0.4, -0.2) is 26.5 Å². The molecule has 0 unspecified atom stereocenters. The van der Waals surface area contributed by atoms with Crippen molar-refractivity contribution < 1.29 is 9.84 Å². The lowest BCUT2D eigenvalue weighted by Gasteiger charge is -2.06. The van der Waals surface area contributed by atoms with Crippen LogP contribution in [0.5, 0.6) is 11.5 Å². The van der Waals surface area contributed by atoms with E-state index in [0.717, 1.165) is 0 Å². The summed E-state index contributed by atoms with van der Waals surface area (Å²) in [6.07, 6.45) is 3.09. The summed E-state index contributed by atoms with van der Waals surface area (Å²) < 4.78 is 7.04. The second-order valence-corrected chi connectivity index (χ2v) is 2.97. The Bertz CT molecular complexity index is 414. The highest BCUT2D eigenvalue weighted by molar-refractivity contribution is 5.37. The molecule has 2 aromatic rings. The summed E-state index contributed by atoms with van der Waals surface area (Å²) in [5.41, 5.74) is 0. The largest absolute Gasteiger partial charge is 0.504 e. The van der Waals surface area contributed by atoms with E-state index in [2.05, 4.69) is 10.1 Å². The molecule has 0 fully saturated rings. The van der Waals surface area contributed by atoms with Crippen LogP contribution in [0.15, 0.2) is 36.9 Å². The van der Waals surface area contributed by atoms with E-state index in [1.807, 2.05) is 6.07 Å². The standard InChI is InChI=1S/C10H11N3O2/c14-9-3-1-2-4-10(9)15-6-5-13-8-11-7-12-13/h1-4,7-8,14H,5-6H2. The van der Waals surface area contributed by atoms with Crippen LogP contribution in [0.1, 0.15) is 0 Å². The zero-order valence-electron chi connectivity index (χ0n) is 8.08. The van der Waals surface area contributed by atoms with Gasteiger partial charge in [0.2, 0.25) is 0 Å². The first kappa shape index (κ1) is 9.51. The minimum absolute atomic E-state index is 0.149. The lowest BCUT2D eigenvalue weighted by molar-refractivity contribution is 0.277. The summed E-state index contributed by atoms with van der Waals surface area (Å²) in [5, 5.41) is 13.3. The van der Waals surface area contributed by atoms with E-state index >= 15 is 0 Å². The van der Waals surface area contributed by atoms with Crippen LogP contribution in [0.2, 0.25) is 0 Å². The van der Waals surface area contributed by atoms with Crippen molar-refractivity contribution in [2.45, 2.75) is 6.54 Å². The van der Waals surface area contributed by atoms with E-state index in [0.29, 0.717) is 18.9 Å². The molecule has 0 spiro atoms. The summed E-state index contributed by atoms with van der Waals surface area (Å²) >= 11 is 0. The van der Waals surface area contributed by atoms with Crippen LogP contribution in [0, 0.1) is 0 Å². The van der Waals surface area contributed by atoms with Gasteiger partial charge < -0.3 is 9.84 Å². The summed E-state index contributed by atoms with van der Waals surface area (Å²) in [7, 11) is 0. The number of hydrogen-bond acceptors (Lipinski definition) is 4. The van der Waals surface area contributed by atoms with Crippen molar-refractivity contribution in [3.8, 4) is 11.5 Å². The van der Waals surface area contributed by atoms with Crippen molar-refractivity contribution in [2.75, 3.05) is 6.61 Å². The Morgan fingerprint density at radius 1 is 1.33 bits per heavy atom. The molecule has 1 aromatic heterocycles. The van der Waals surface area contributed by atoms with Crippen LogP contribution in [0.25, 0.3) is 0 Å². The third kappa shape index (κ3) is 2.46. The molecule has 0 atom stereocenters. The van der Waals surface area contributed by atoms with Gasteiger partial charge in [0.25, 0.3) is 0 Å². The molecule has 2 rings (SSSR count). The van der Waals surface area contributed by atoms with Gasteiger partial charge in [-0.1, -0.05) is 12.1 Å². The van der Waals surface area contributed by atoms with Gasteiger partial charge in [-0.3, -0.25) is 0 Å². The van der Waals surface area contributed by atoms with Crippen molar-refractivity contribution in [1.29, 1.82) is 0 Å². The predicted molar refractivity (Wildman–Crippen MR) is 53.6 cm³/mol. The Kier molecular flexibility index (Phi) is 2.82. The maximum absolute atomic E-state index is 9.41. The first-order valence-corrected chi connectivity index (χ1v) is 4.59. The summed E-state index contributed by atoms with van der Waals surface area (Å²) in [4.78, 5) is 3.81. The molecule has 0 saturated carbocycles. The fraction of sp³-hybridized carbons (Fsp3) is 0.200. The average Bonchev–Trinajstić information content (AvgIpc) is 2.74. The second kappa shape index (κ2) is 4.45. The molecule has 0 radical (unpaired) electrons. The van der Waals surface area contributed by atoms with Crippen LogP contribution >= 0.6 is 0 Å². The van der Waals surface area contributed by atoms with Crippen molar-refractivity contribution in [3.63, 3.8) is 0 Å². The van der Waals surface area contributed by atoms with Gasteiger partial charge in [-0.2, -0.15) is 5.10 Å². The summed E-state index contributed by atoms with van der Waals surface area (Å²) in [5.74, 6) is 0.633. The Labute approximate surface area is 87.0 Å².